The van der Waals surface area contributed by atoms with Gasteiger partial charge in [-0.2, -0.15) is 0 Å². The van der Waals surface area contributed by atoms with Crippen molar-refractivity contribution in [1.29, 1.82) is 0 Å². The van der Waals surface area contributed by atoms with E-state index in [9.17, 15) is 14.4 Å². The van der Waals surface area contributed by atoms with Crippen LogP contribution in [-0.2, 0) is 16.2 Å². The number of anilines is 2. The zero-order chi connectivity index (χ0) is 35.1. The minimum absolute atomic E-state index is 0.0533. The topological polar surface area (TPSA) is 113 Å². The molecule has 3 aromatic carbocycles. The lowest BCUT2D eigenvalue weighted by Gasteiger charge is -2.30. The highest BCUT2D eigenvalue weighted by Crippen LogP contribution is 2.37. The molecule has 0 atom stereocenters. The fourth-order valence-electron chi connectivity index (χ4n) is 5.75. The van der Waals surface area contributed by atoms with Crippen molar-refractivity contribution in [1.82, 2.24) is 15.6 Å². The number of nitrogens with one attached hydrogen (secondary N) is 2. The molecule has 0 spiro atoms. The van der Waals surface area contributed by atoms with Crippen LogP contribution in [0.3, 0.4) is 0 Å². The van der Waals surface area contributed by atoms with E-state index in [1.807, 2.05) is 19.1 Å². The molecule has 0 saturated carbocycles. The Morgan fingerprint density at radius 3 is 2.53 bits per heavy atom. The van der Waals surface area contributed by atoms with E-state index in [1.165, 1.54) is 44.4 Å². The zero-order valence-electron chi connectivity index (χ0n) is 27.9. The summed E-state index contributed by atoms with van der Waals surface area (Å²) in [7, 11) is 4.56. The number of para-hydroxylation sites is 1. The molecule has 1 fully saturated rings. The summed E-state index contributed by atoms with van der Waals surface area (Å²) >= 11 is 13.4. The Morgan fingerprint density at radius 1 is 1.02 bits per heavy atom. The second-order valence-electron chi connectivity index (χ2n) is 11.7. The Bertz CT molecular complexity index is 1910. The van der Waals surface area contributed by atoms with Gasteiger partial charge in [0.25, 0.3) is 5.91 Å². The van der Waals surface area contributed by atoms with Gasteiger partial charge in [-0.25, -0.2) is 4.98 Å². The number of benzene rings is 3. The van der Waals surface area contributed by atoms with Crippen LogP contribution in [0.5, 0.6) is 11.5 Å². The normalized spacial score (nSPS) is 13.0. The van der Waals surface area contributed by atoms with Crippen LogP contribution < -0.4 is 29.9 Å². The molecule has 0 radical (unpaired) electrons. The van der Waals surface area contributed by atoms with Gasteiger partial charge in [-0.3, -0.25) is 14.4 Å². The molecule has 5 rings (SSSR count). The Hall–Kier alpha value is -4.80. The Kier molecular flexibility index (Phi) is 11.6. The molecule has 0 aliphatic carbocycles. The van der Waals surface area contributed by atoms with Crippen molar-refractivity contribution in [3.63, 3.8) is 0 Å². The number of carbonyl (C=O) groups excluding carboxylic acids is 3. The maximum absolute atomic E-state index is 13.1. The number of piperidine rings is 1. The summed E-state index contributed by atoms with van der Waals surface area (Å²) < 4.78 is 11.6. The lowest BCUT2D eigenvalue weighted by molar-refractivity contribution is -0.122. The largest absolute Gasteiger partial charge is 0.496 e. The number of nitrogens with zero attached hydrogens (tertiary/aromatic N) is 3. The number of carbonyl (C=O) groups is 3. The molecule has 0 unspecified atom stereocenters. The summed E-state index contributed by atoms with van der Waals surface area (Å²) in [5.41, 5.74) is 4.78. The molecule has 12 heteroatoms. The van der Waals surface area contributed by atoms with E-state index in [1.54, 1.807) is 43.5 Å². The number of ether oxygens (including phenoxy) is 2. The van der Waals surface area contributed by atoms with Gasteiger partial charge in [-0.15, -0.1) is 0 Å². The smallest absolute Gasteiger partial charge is 0.254 e. The van der Waals surface area contributed by atoms with Gasteiger partial charge in [0.2, 0.25) is 11.8 Å². The van der Waals surface area contributed by atoms with Crippen molar-refractivity contribution in [2.75, 3.05) is 50.6 Å². The fourth-order valence-corrected chi connectivity index (χ4v) is 6.35. The van der Waals surface area contributed by atoms with E-state index in [0.29, 0.717) is 38.9 Å². The lowest BCUT2D eigenvalue weighted by atomic mass is 10.1. The van der Waals surface area contributed by atoms with Gasteiger partial charge in [-0.1, -0.05) is 41.4 Å². The number of rotatable bonds is 11. The van der Waals surface area contributed by atoms with E-state index in [0.717, 1.165) is 35.4 Å². The number of amides is 3. The van der Waals surface area contributed by atoms with E-state index in [-0.39, 0.29) is 24.1 Å². The second kappa shape index (κ2) is 16.1. The van der Waals surface area contributed by atoms with E-state index >= 15 is 0 Å². The van der Waals surface area contributed by atoms with Crippen LogP contribution in [0.15, 0.2) is 60.7 Å². The lowest BCUT2D eigenvalue weighted by Crippen LogP contribution is -2.37. The Balaban J connectivity index is 1.25. The summed E-state index contributed by atoms with van der Waals surface area (Å²) in [4.78, 5) is 46.2. The molecule has 3 amide bonds. The standard InChI is InChI=1S/C37H39Cl2N5O5/c1-23-19-30(44-17-6-5-7-18-44)25-9-8-10-31(36(25)42-23)49-22-27-28(38)14-15-29(35(27)39)43(3)34(46)21-41-33(45)16-12-24-11-13-26(37(47)40-2)32(20-24)48-4/h8-16,19-20H,5-7,17-18,21-22H2,1-4H3,(H,40,47)(H,41,45). The van der Waals surface area contributed by atoms with Crippen molar-refractivity contribution in [3.05, 3.63) is 93.1 Å². The third-order valence-electron chi connectivity index (χ3n) is 8.42. The van der Waals surface area contributed by atoms with Crippen LogP contribution in [0.25, 0.3) is 17.0 Å². The zero-order valence-corrected chi connectivity index (χ0v) is 29.5. The molecule has 49 heavy (non-hydrogen) atoms. The van der Waals surface area contributed by atoms with Crippen molar-refractivity contribution < 1.29 is 23.9 Å². The highest BCUT2D eigenvalue weighted by atomic mass is 35.5. The van der Waals surface area contributed by atoms with Gasteiger partial charge in [0.05, 0.1) is 29.9 Å². The van der Waals surface area contributed by atoms with Gasteiger partial charge in [-0.05, 0) is 74.2 Å². The molecule has 4 aromatic rings. The molecule has 1 aliphatic heterocycles. The van der Waals surface area contributed by atoms with Crippen LogP contribution in [-0.4, -0.2) is 63.5 Å². The number of halogens is 2. The summed E-state index contributed by atoms with van der Waals surface area (Å²) in [5.74, 6) is -0.178. The second-order valence-corrected chi connectivity index (χ2v) is 12.5. The highest BCUT2D eigenvalue weighted by molar-refractivity contribution is 6.38. The maximum Gasteiger partial charge on any atom is 0.254 e. The number of hydrogen-bond donors (Lipinski definition) is 2. The van der Waals surface area contributed by atoms with Crippen molar-refractivity contribution in [3.8, 4) is 11.5 Å². The molecule has 1 aliphatic rings. The summed E-state index contributed by atoms with van der Waals surface area (Å²) in [6, 6.07) is 16.3. The number of likely N-dealkylation sites (N-methyl/N-ethyl adjacent to an activating group) is 1. The van der Waals surface area contributed by atoms with Crippen LogP contribution in [0.4, 0.5) is 11.4 Å². The van der Waals surface area contributed by atoms with Crippen LogP contribution in [0.1, 0.15) is 46.4 Å². The van der Waals surface area contributed by atoms with Crippen molar-refractivity contribution in [2.45, 2.75) is 32.8 Å². The summed E-state index contributed by atoms with van der Waals surface area (Å²) in [6.07, 6.45) is 6.43. The van der Waals surface area contributed by atoms with Crippen molar-refractivity contribution >= 4 is 69.3 Å². The third-order valence-corrected chi connectivity index (χ3v) is 9.19. The quantitative estimate of drug-likeness (QED) is 0.170. The van der Waals surface area contributed by atoms with Gasteiger partial charge < -0.3 is 29.9 Å². The van der Waals surface area contributed by atoms with Crippen LogP contribution in [0, 0.1) is 6.92 Å². The van der Waals surface area contributed by atoms with Crippen LogP contribution in [0.2, 0.25) is 10.0 Å². The van der Waals surface area contributed by atoms with Gasteiger partial charge >= 0.3 is 0 Å². The third kappa shape index (κ3) is 8.26. The number of methoxy groups -OCH3 is 1. The first-order valence-corrected chi connectivity index (χ1v) is 16.7. The average Bonchev–Trinajstić information content (AvgIpc) is 3.12. The minimum atomic E-state index is -0.477. The van der Waals surface area contributed by atoms with Crippen molar-refractivity contribution in [2.24, 2.45) is 0 Å². The number of aromatic nitrogens is 1. The van der Waals surface area contributed by atoms with E-state index in [4.69, 9.17) is 37.7 Å². The molecule has 0 bridgehead atoms. The number of aryl methyl sites for hydroxylation is 1. The Labute approximate surface area is 296 Å². The predicted molar refractivity (Wildman–Crippen MR) is 195 cm³/mol. The number of fused-ring (bicyclic) bond motifs is 1. The molecular formula is C37H39Cl2N5O5. The maximum atomic E-state index is 13.1. The van der Waals surface area contributed by atoms with E-state index in [2.05, 4.69) is 27.7 Å². The molecule has 10 nitrogen and oxygen atoms in total. The number of hydrogen-bond acceptors (Lipinski definition) is 7. The van der Waals surface area contributed by atoms with E-state index < -0.39 is 11.8 Å². The highest BCUT2D eigenvalue weighted by Gasteiger charge is 2.21. The van der Waals surface area contributed by atoms with Gasteiger partial charge in [0.1, 0.15) is 23.6 Å². The SMILES string of the molecule is CNC(=O)c1ccc(C=CC(=O)NCC(=O)N(C)c2ccc(Cl)c(COc3cccc4c(N5CCCCC5)cc(C)nc34)c2Cl)cc1OC. The monoisotopic (exact) mass is 703 g/mol. The summed E-state index contributed by atoms with van der Waals surface area (Å²) in [5, 5.41) is 6.83. The summed E-state index contributed by atoms with van der Waals surface area (Å²) in [6.45, 7) is 3.79. The minimum Gasteiger partial charge on any atom is -0.496 e. The first kappa shape index (κ1) is 35.5. The number of pyridine rings is 1. The first-order chi connectivity index (χ1) is 23.6. The predicted octanol–water partition coefficient (Wildman–Crippen LogP) is 6.58. The fraction of sp³-hybridized carbons (Fsp3) is 0.297. The molecule has 1 saturated heterocycles. The van der Waals surface area contributed by atoms with Gasteiger partial charge in [0, 0.05) is 60.6 Å². The molecule has 2 N–H and O–H groups in total. The first-order valence-electron chi connectivity index (χ1n) is 16.0. The van der Waals surface area contributed by atoms with Gasteiger partial charge in [0.15, 0.2) is 0 Å². The molecule has 256 valence electrons. The Morgan fingerprint density at radius 2 is 1.80 bits per heavy atom. The molecule has 1 aromatic heterocycles. The molecule has 2 heterocycles. The average molecular weight is 705 g/mol. The molecular weight excluding hydrogens is 665 g/mol. The van der Waals surface area contributed by atoms with Crippen LogP contribution >= 0.6 is 23.2 Å².